The lowest BCUT2D eigenvalue weighted by atomic mass is 9.96. The molecule has 0 fully saturated rings. The Morgan fingerprint density at radius 1 is 0.727 bits per heavy atom. The minimum absolute atomic E-state index is 0.0269. The number of rotatable bonds is 5. The van der Waals surface area contributed by atoms with Crippen molar-refractivity contribution >= 4 is 17.3 Å². The number of anilines is 2. The summed E-state index contributed by atoms with van der Waals surface area (Å²) in [7, 11) is 0. The molecule has 0 spiro atoms. The first kappa shape index (κ1) is 21.0. The molecule has 33 heavy (non-hydrogen) atoms. The van der Waals surface area contributed by atoms with E-state index in [4.69, 9.17) is 0 Å². The quantitative estimate of drug-likeness (QED) is 0.334. The topological polar surface area (TPSA) is 23.6 Å². The van der Waals surface area contributed by atoms with Crippen molar-refractivity contribution in [3.05, 3.63) is 131 Å². The lowest BCUT2D eigenvalue weighted by molar-refractivity contribution is 0.0968. The average molecular weight is 433 g/mol. The van der Waals surface area contributed by atoms with Crippen LogP contribution in [0.3, 0.4) is 0 Å². The molecule has 1 heterocycles. The van der Waals surface area contributed by atoms with Crippen molar-refractivity contribution in [2.24, 2.45) is 0 Å². The number of nitrogens with zero attached hydrogens (tertiary/aromatic N) is 2. The van der Waals surface area contributed by atoms with Gasteiger partial charge in [-0.1, -0.05) is 98.8 Å². The third kappa shape index (κ3) is 4.03. The van der Waals surface area contributed by atoms with Crippen LogP contribution in [0.2, 0.25) is 0 Å². The molecule has 3 heteroatoms. The van der Waals surface area contributed by atoms with E-state index in [1.807, 2.05) is 59.5 Å². The monoisotopic (exact) mass is 432 g/mol. The van der Waals surface area contributed by atoms with Gasteiger partial charge in [0.2, 0.25) is 0 Å². The Hall–Kier alpha value is -3.85. The molecular weight excluding hydrogens is 404 g/mol. The lowest BCUT2D eigenvalue weighted by Gasteiger charge is -2.46. The molecule has 0 saturated carbocycles. The average Bonchev–Trinajstić information content (AvgIpc) is 2.87. The summed E-state index contributed by atoms with van der Waals surface area (Å²) >= 11 is 0. The lowest BCUT2D eigenvalue weighted by Crippen LogP contribution is -2.49. The van der Waals surface area contributed by atoms with Gasteiger partial charge in [-0.05, 0) is 46.9 Å². The summed E-state index contributed by atoms with van der Waals surface area (Å²) < 4.78 is 0. The van der Waals surface area contributed by atoms with Crippen molar-refractivity contribution in [1.82, 2.24) is 0 Å². The fourth-order valence-electron chi connectivity index (χ4n) is 4.60. The highest BCUT2D eigenvalue weighted by Gasteiger charge is 2.39. The van der Waals surface area contributed by atoms with E-state index in [1.54, 1.807) is 0 Å². The van der Waals surface area contributed by atoms with Gasteiger partial charge in [0.05, 0.1) is 11.3 Å². The zero-order chi connectivity index (χ0) is 22.8. The molecule has 5 rings (SSSR count). The number of fused-ring (bicyclic) bond motifs is 1. The molecular formula is C30H28N2O. The van der Waals surface area contributed by atoms with Crippen LogP contribution in [-0.2, 0) is 6.54 Å². The summed E-state index contributed by atoms with van der Waals surface area (Å²) in [5.41, 5.74) is 6.19. The Bertz CT molecular complexity index is 1230. The van der Waals surface area contributed by atoms with Gasteiger partial charge in [-0.2, -0.15) is 0 Å². The highest BCUT2D eigenvalue weighted by Crippen LogP contribution is 2.42. The van der Waals surface area contributed by atoms with Crippen LogP contribution in [0.15, 0.2) is 109 Å². The molecule has 1 aliphatic rings. The third-order valence-electron chi connectivity index (χ3n) is 6.33. The predicted molar refractivity (Wildman–Crippen MR) is 136 cm³/mol. The first-order valence-electron chi connectivity index (χ1n) is 11.5. The van der Waals surface area contributed by atoms with Crippen molar-refractivity contribution < 1.29 is 4.79 Å². The maximum atomic E-state index is 13.9. The number of hydrogen-bond acceptors (Lipinski definition) is 2. The highest BCUT2D eigenvalue weighted by molar-refractivity contribution is 6.12. The molecule has 3 nitrogen and oxygen atoms in total. The number of carbonyl (C=O) groups excluding carboxylic acids is 1. The highest BCUT2D eigenvalue weighted by atomic mass is 16.2. The molecule has 0 radical (unpaired) electrons. The van der Waals surface area contributed by atoms with Crippen molar-refractivity contribution in [3.63, 3.8) is 0 Å². The van der Waals surface area contributed by atoms with Crippen LogP contribution >= 0.6 is 0 Å². The standard InChI is InChI=1S/C30H28N2O/c1-22(2)24-17-19-25(20-18-24)29-31(21-23-11-5-3-6-12-23)28-16-10-9-15-27(28)30(33)32(29)26-13-7-4-8-14-26/h3-20,22,29H,21H2,1-2H3/t29-/m0/s1. The summed E-state index contributed by atoms with van der Waals surface area (Å²) in [6, 6.07) is 37.1. The smallest absolute Gasteiger partial charge is 0.262 e. The van der Waals surface area contributed by atoms with Crippen molar-refractivity contribution in [2.45, 2.75) is 32.5 Å². The van der Waals surface area contributed by atoms with Gasteiger partial charge < -0.3 is 4.90 Å². The molecule has 0 unspecified atom stereocenters. The van der Waals surface area contributed by atoms with Crippen LogP contribution in [0, 0.1) is 0 Å². The predicted octanol–water partition coefficient (Wildman–Crippen LogP) is 7.18. The normalized spacial score (nSPS) is 15.6. The van der Waals surface area contributed by atoms with Gasteiger partial charge in [0.1, 0.15) is 6.17 Å². The van der Waals surface area contributed by atoms with E-state index in [2.05, 4.69) is 73.3 Å². The molecule has 0 bridgehead atoms. The number of hydrogen-bond donors (Lipinski definition) is 0. The van der Waals surface area contributed by atoms with E-state index in [0.717, 1.165) is 22.5 Å². The van der Waals surface area contributed by atoms with Gasteiger partial charge in [-0.3, -0.25) is 9.69 Å². The number of para-hydroxylation sites is 2. The molecule has 0 saturated heterocycles. The molecule has 1 aliphatic heterocycles. The fourth-order valence-corrected chi connectivity index (χ4v) is 4.60. The summed E-state index contributed by atoms with van der Waals surface area (Å²) in [4.78, 5) is 18.2. The van der Waals surface area contributed by atoms with Crippen molar-refractivity contribution in [2.75, 3.05) is 9.80 Å². The van der Waals surface area contributed by atoms with E-state index in [9.17, 15) is 4.79 Å². The Labute approximate surface area is 195 Å². The van der Waals surface area contributed by atoms with Crippen LogP contribution in [-0.4, -0.2) is 5.91 Å². The first-order chi connectivity index (χ1) is 16.1. The van der Waals surface area contributed by atoms with Crippen LogP contribution < -0.4 is 9.80 Å². The molecule has 4 aromatic rings. The summed E-state index contributed by atoms with van der Waals surface area (Å²) in [5, 5.41) is 0. The van der Waals surface area contributed by atoms with Crippen molar-refractivity contribution in [1.29, 1.82) is 0 Å². The van der Waals surface area contributed by atoms with Gasteiger partial charge in [-0.15, -0.1) is 0 Å². The number of benzene rings is 4. The Morgan fingerprint density at radius 3 is 2.00 bits per heavy atom. The molecule has 164 valence electrons. The van der Waals surface area contributed by atoms with Crippen molar-refractivity contribution in [3.8, 4) is 0 Å². The van der Waals surface area contributed by atoms with E-state index in [1.165, 1.54) is 11.1 Å². The summed E-state index contributed by atoms with van der Waals surface area (Å²) in [6.45, 7) is 5.10. The van der Waals surface area contributed by atoms with Crippen LogP contribution in [0.5, 0.6) is 0 Å². The second kappa shape index (κ2) is 8.95. The van der Waals surface area contributed by atoms with E-state index < -0.39 is 0 Å². The molecule has 4 aromatic carbocycles. The second-order valence-corrected chi connectivity index (χ2v) is 8.84. The minimum atomic E-state index is -0.254. The van der Waals surface area contributed by atoms with Gasteiger partial charge in [0.15, 0.2) is 0 Å². The van der Waals surface area contributed by atoms with Crippen LogP contribution in [0.1, 0.15) is 53.0 Å². The summed E-state index contributed by atoms with van der Waals surface area (Å²) in [6.07, 6.45) is -0.254. The van der Waals surface area contributed by atoms with E-state index in [-0.39, 0.29) is 12.1 Å². The van der Waals surface area contributed by atoms with Gasteiger partial charge in [0, 0.05) is 12.2 Å². The molecule has 1 amide bonds. The van der Waals surface area contributed by atoms with Gasteiger partial charge in [-0.25, -0.2) is 0 Å². The molecule has 0 aromatic heterocycles. The second-order valence-electron chi connectivity index (χ2n) is 8.84. The Morgan fingerprint density at radius 2 is 1.33 bits per heavy atom. The molecule has 1 atom stereocenters. The first-order valence-corrected chi connectivity index (χ1v) is 11.5. The Balaban J connectivity index is 1.70. The van der Waals surface area contributed by atoms with E-state index >= 15 is 0 Å². The van der Waals surface area contributed by atoms with Gasteiger partial charge in [0.25, 0.3) is 5.91 Å². The zero-order valence-electron chi connectivity index (χ0n) is 19.1. The summed E-state index contributed by atoms with van der Waals surface area (Å²) in [5.74, 6) is 0.484. The van der Waals surface area contributed by atoms with E-state index in [0.29, 0.717) is 12.5 Å². The van der Waals surface area contributed by atoms with Crippen LogP contribution in [0.25, 0.3) is 0 Å². The van der Waals surface area contributed by atoms with Crippen LogP contribution in [0.4, 0.5) is 11.4 Å². The largest absolute Gasteiger partial charge is 0.342 e. The third-order valence-corrected chi connectivity index (χ3v) is 6.33. The van der Waals surface area contributed by atoms with Gasteiger partial charge >= 0.3 is 0 Å². The number of carbonyl (C=O) groups is 1. The molecule has 0 aliphatic carbocycles. The Kier molecular flexibility index (Phi) is 5.70. The number of amides is 1. The maximum Gasteiger partial charge on any atom is 0.262 e. The maximum absolute atomic E-state index is 13.9. The SMILES string of the molecule is CC(C)c1ccc([C@H]2N(Cc3ccccc3)c3ccccc3C(=O)N2c2ccccc2)cc1. The minimum Gasteiger partial charge on any atom is -0.342 e. The zero-order valence-corrected chi connectivity index (χ0v) is 19.1. The fraction of sp³-hybridized carbons (Fsp3) is 0.167. The molecule has 0 N–H and O–H groups in total.